The van der Waals surface area contributed by atoms with Crippen molar-refractivity contribution in [2.45, 2.75) is 31.0 Å². The number of benzene rings is 1. The van der Waals surface area contributed by atoms with Crippen LogP contribution in [0.2, 0.25) is 0 Å². The lowest BCUT2D eigenvalue weighted by Crippen LogP contribution is -2.38. The van der Waals surface area contributed by atoms with E-state index >= 15 is 0 Å². The van der Waals surface area contributed by atoms with E-state index in [0.717, 1.165) is 11.1 Å². The summed E-state index contributed by atoms with van der Waals surface area (Å²) in [6.07, 6.45) is 1.93. The monoisotopic (exact) mass is 426 g/mol. The summed E-state index contributed by atoms with van der Waals surface area (Å²) in [6.45, 7) is 4.49. The zero-order valence-corrected chi connectivity index (χ0v) is 18.0. The molecule has 1 aromatic heterocycles. The molecule has 0 radical (unpaired) electrons. The molecule has 2 aromatic rings. The number of hydrogen-bond acceptors (Lipinski definition) is 5. The first-order chi connectivity index (χ1) is 13.1. The molecule has 154 valence electrons. The van der Waals surface area contributed by atoms with E-state index in [2.05, 4.69) is 4.98 Å². The lowest BCUT2D eigenvalue weighted by atomic mass is 10.2. The van der Waals surface area contributed by atoms with Gasteiger partial charge in [0.1, 0.15) is 5.82 Å². The van der Waals surface area contributed by atoms with Crippen LogP contribution in [0.5, 0.6) is 0 Å². The third kappa shape index (κ3) is 4.45. The van der Waals surface area contributed by atoms with Crippen LogP contribution in [-0.2, 0) is 32.8 Å². The molecule has 10 heteroatoms. The van der Waals surface area contributed by atoms with Crippen molar-refractivity contribution in [3.05, 3.63) is 47.4 Å². The van der Waals surface area contributed by atoms with Gasteiger partial charge < -0.3 is 4.57 Å². The molecule has 0 unspecified atom stereocenters. The first-order valence-electron chi connectivity index (χ1n) is 9.13. The number of sulfonamides is 2. The normalized spacial score (nSPS) is 17.5. The second-order valence-electron chi connectivity index (χ2n) is 7.14. The van der Waals surface area contributed by atoms with Crippen molar-refractivity contribution >= 4 is 20.0 Å². The Morgan fingerprint density at radius 2 is 1.68 bits per heavy atom. The van der Waals surface area contributed by atoms with Crippen molar-refractivity contribution in [2.75, 3.05) is 26.2 Å². The minimum Gasteiger partial charge on any atom is -0.337 e. The molecule has 8 nitrogen and oxygen atoms in total. The second kappa shape index (κ2) is 7.94. The Bertz CT molecular complexity index is 1040. The summed E-state index contributed by atoms with van der Waals surface area (Å²) < 4.78 is 55.8. The predicted octanol–water partition coefficient (Wildman–Crippen LogP) is 1.26. The number of nitrogens with zero attached hydrogens (tertiary/aromatic N) is 4. The van der Waals surface area contributed by atoms with Crippen molar-refractivity contribution in [2.24, 2.45) is 7.05 Å². The summed E-state index contributed by atoms with van der Waals surface area (Å²) in [5, 5.41) is 0.00330. The molecule has 0 aliphatic carbocycles. The maximum absolute atomic E-state index is 12.9. The van der Waals surface area contributed by atoms with Crippen molar-refractivity contribution in [1.82, 2.24) is 18.2 Å². The highest BCUT2D eigenvalue weighted by Gasteiger charge is 2.32. The van der Waals surface area contributed by atoms with E-state index in [1.807, 2.05) is 25.1 Å². The lowest BCUT2D eigenvalue weighted by Gasteiger charge is -2.21. The van der Waals surface area contributed by atoms with Crippen LogP contribution < -0.4 is 0 Å². The summed E-state index contributed by atoms with van der Waals surface area (Å²) in [5.74, 6) is 0.525. The topological polar surface area (TPSA) is 92.6 Å². The van der Waals surface area contributed by atoms with Crippen LogP contribution in [0, 0.1) is 13.8 Å². The highest BCUT2D eigenvalue weighted by atomic mass is 32.2. The molecule has 0 N–H and O–H groups in total. The van der Waals surface area contributed by atoms with Crippen molar-refractivity contribution in [1.29, 1.82) is 0 Å². The van der Waals surface area contributed by atoms with Gasteiger partial charge in [-0.2, -0.15) is 4.31 Å². The number of hydrogen-bond donors (Lipinski definition) is 0. The fourth-order valence-electron chi connectivity index (χ4n) is 3.28. The predicted molar refractivity (Wildman–Crippen MR) is 107 cm³/mol. The van der Waals surface area contributed by atoms with Crippen LogP contribution in [0.1, 0.15) is 23.4 Å². The summed E-state index contributed by atoms with van der Waals surface area (Å²) in [4.78, 5) is 4.12. The molecule has 0 spiro atoms. The zero-order valence-electron chi connectivity index (χ0n) is 16.4. The van der Waals surface area contributed by atoms with Crippen molar-refractivity contribution < 1.29 is 16.8 Å². The molecule has 3 rings (SSSR count). The smallest absolute Gasteiger partial charge is 0.262 e. The molecule has 1 aliphatic heterocycles. The molecule has 28 heavy (non-hydrogen) atoms. The van der Waals surface area contributed by atoms with Crippen LogP contribution in [-0.4, -0.2) is 61.2 Å². The molecule has 1 aliphatic rings. The Labute approximate surface area is 166 Å². The molecular formula is C18H26N4O4S2. The van der Waals surface area contributed by atoms with E-state index in [9.17, 15) is 16.8 Å². The van der Waals surface area contributed by atoms with Gasteiger partial charge in [0.25, 0.3) is 10.0 Å². The Balaban J connectivity index is 1.73. The summed E-state index contributed by atoms with van der Waals surface area (Å²) in [6, 6.07) is 7.41. The standard InChI is InChI=1S/C18H26N4O4S2/c1-15-6-4-7-17(12-15)14-27(23,24)21-8-5-9-22(11-10-21)28(25,26)18-13-20(3)16(2)19-18/h4,6-7,12-13H,5,8-11,14H2,1-3H3. The number of rotatable bonds is 5. The van der Waals surface area contributed by atoms with Gasteiger partial charge in [-0.1, -0.05) is 29.8 Å². The Morgan fingerprint density at radius 1 is 1.00 bits per heavy atom. The third-order valence-electron chi connectivity index (χ3n) is 4.93. The molecular weight excluding hydrogens is 400 g/mol. The number of aromatic nitrogens is 2. The zero-order chi connectivity index (χ0) is 20.5. The number of aryl methyl sites for hydroxylation is 3. The first kappa shape index (κ1) is 21.0. The quantitative estimate of drug-likeness (QED) is 0.718. The van der Waals surface area contributed by atoms with E-state index in [1.54, 1.807) is 24.6 Å². The Hall–Kier alpha value is -1.75. The van der Waals surface area contributed by atoms with E-state index < -0.39 is 20.0 Å². The lowest BCUT2D eigenvalue weighted by molar-refractivity contribution is 0.403. The molecule has 0 bridgehead atoms. The van der Waals surface area contributed by atoms with Gasteiger partial charge in [0.05, 0.1) is 5.75 Å². The first-order valence-corrected chi connectivity index (χ1v) is 12.2. The second-order valence-corrected chi connectivity index (χ2v) is 11.0. The van der Waals surface area contributed by atoms with Gasteiger partial charge in [-0.25, -0.2) is 26.1 Å². The maximum Gasteiger partial charge on any atom is 0.262 e. The van der Waals surface area contributed by atoms with E-state index in [1.165, 1.54) is 14.8 Å². The molecule has 1 saturated heterocycles. The van der Waals surface area contributed by atoms with Gasteiger partial charge in [0.2, 0.25) is 10.0 Å². The maximum atomic E-state index is 12.9. The Morgan fingerprint density at radius 3 is 2.32 bits per heavy atom. The van der Waals surface area contributed by atoms with Crippen molar-refractivity contribution in [3.63, 3.8) is 0 Å². The minimum absolute atomic E-state index is 0.00330. The highest BCUT2D eigenvalue weighted by molar-refractivity contribution is 7.89. The highest BCUT2D eigenvalue weighted by Crippen LogP contribution is 2.19. The summed E-state index contributed by atoms with van der Waals surface area (Å²) >= 11 is 0. The van der Waals surface area contributed by atoms with Gasteiger partial charge in [-0.05, 0) is 25.8 Å². The van der Waals surface area contributed by atoms with Crippen LogP contribution in [0.15, 0.2) is 35.5 Å². The summed E-state index contributed by atoms with van der Waals surface area (Å²) in [7, 11) is -5.52. The minimum atomic E-state index is -3.74. The van der Waals surface area contributed by atoms with Crippen LogP contribution >= 0.6 is 0 Å². The van der Waals surface area contributed by atoms with Gasteiger partial charge in [0.15, 0.2) is 5.03 Å². The molecule has 1 aromatic carbocycles. The van der Waals surface area contributed by atoms with E-state index in [0.29, 0.717) is 18.8 Å². The molecule has 2 heterocycles. The van der Waals surface area contributed by atoms with E-state index in [4.69, 9.17) is 0 Å². The molecule has 0 saturated carbocycles. The van der Waals surface area contributed by atoms with Crippen LogP contribution in [0.4, 0.5) is 0 Å². The van der Waals surface area contributed by atoms with Gasteiger partial charge >= 0.3 is 0 Å². The fraction of sp³-hybridized carbons (Fsp3) is 0.500. The SMILES string of the molecule is Cc1cccc(CS(=O)(=O)N2CCCN(S(=O)(=O)c3cn(C)c(C)n3)CC2)c1. The average Bonchev–Trinajstić information content (AvgIpc) is 2.83. The van der Waals surface area contributed by atoms with Crippen molar-refractivity contribution in [3.8, 4) is 0 Å². The van der Waals surface area contributed by atoms with E-state index in [-0.39, 0.29) is 30.4 Å². The van der Waals surface area contributed by atoms with Gasteiger partial charge in [0, 0.05) is 39.4 Å². The Kier molecular flexibility index (Phi) is 5.95. The third-order valence-corrected chi connectivity index (χ3v) is 8.55. The number of imidazole rings is 1. The van der Waals surface area contributed by atoms with Gasteiger partial charge in [-0.15, -0.1) is 0 Å². The fourth-order valence-corrected chi connectivity index (χ4v) is 6.32. The molecule has 0 atom stereocenters. The van der Waals surface area contributed by atoms with Crippen LogP contribution in [0.25, 0.3) is 0 Å². The summed E-state index contributed by atoms with van der Waals surface area (Å²) in [5.41, 5.74) is 1.74. The van der Waals surface area contributed by atoms with Crippen LogP contribution in [0.3, 0.4) is 0 Å². The molecule has 1 fully saturated rings. The van der Waals surface area contributed by atoms with Gasteiger partial charge in [-0.3, -0.25) is 0 Å². The average molecular weight is 427 g/mol. The molecule has 0 amide bonds. The largest absolute Gasteiger partial charge is 0.337 e.